The average molecular weight is 300 g/mol. The van der Waals surface area contributed by atoms with Crippen molar-refractivity contribution < 1.29 is 9.18 Å². The van der Waals surface area contributed by atoms with E-state index in [2.05, 4.69) is 17.2 Å². The number of amides is 1. The number of nitrogens with zero attached hydrogens (tertiary/aromatic N) is 1. The first-order chi connectivity index (χ1) is 10.7. The van der Waals surface area contributed by atoms with Crippen LogP contribution in [0, 0.1) is 11.7 Å². The molecule has 3 rings (SSSR count). The molecule has 0 radical (unpaired) electrons. The second-order valence-corrected chi connectivity index (χ2v) is 6.03. The van der Waals surface area contributed by atoms with Crippen LogP contribution in [-0.2, 0) is 0 Å². The highest BCUT2D eigenvalue weighted by Crippen LogP contribution is 2.29. The van der Waals surface area contributed by atoms with Gasteiger partial charge in [0.25, 0.3) is 5.91 Å². The van der Waals surface area contributed by atoms with Gasteiger partial charge < -0.3 is 5.32 Å². The highest BCUT2D eigenvalue weighted by molar-refractivity contribution is 6.05. The summed E-state index contributed by atoms with van der Waals surface area (Å²) in [4.78, 5) is 16.6. The van der Waals surface area contributed by atoms with Crippen LogP contribution in [0.25, 0.3) is 10.8 Å². The van der Waals surface area contributed by atoms with E-state index in [0.29, 0.717) is 22.4 Å². The third-order valence-corrected chi connectivity index (χ3v) is 4.69. The van der Waals surface area contributed by atoms with Crippen molar-refractivity contribution >= 4 is 16.7 Å². The van der Waals surface area contributed by atoms with Crippen molar-refractivity contribution in [3.63, 3.8) is 0 Å². The molecule has 1 saturated carbocycles. The third kappa shape index (κ3) is 2.82. The molecule has 1 N–H and O–H groups in total. The molecule has 3 nitrogen and oxygen atoms in total. The number of hydrogen-bond acceptors (Lipinski definition) is 2. The number of fused-ring (bicyclic) bond motifs is 1. The van der Waals surface area contributed by atoms with Gasteiger partial charge in [-0.05, 0) is 25.2 Å². The van der Waals surface area contributed by atoms with Crippen LogP contribution >= 0.6 is 0 Å². The fourth-order valence-electron chi connectivity index (χ4n) is 3.49. The zero-order valence-corrected chi connectivity index (χ0v) is 12.8. The van der Waals surface area contributed by atoms with E-state index < -0.39 is 5.82 Å². The Hall–Kier alpha value is -1.97. The van der Waals surface area contributed by atoms with Crippen molar-refractivity contribution in [1.29, 1.82) is 0 Å². The molecular formula is C18H21FN2O. The van der Waals surface area contributed by atoms with Crippen molar-refractivity contribution in [3.05, 3.63) is 42.0 Å². The molecule has 1 unspecified atom stereocenters. The summed E-state index contributed by atoms with van der Waals surface area (Å²) in [7, 11) is 0. The maximum atomic E-state index is 13.8. The molecule has 0 bridgehead atoms. The lowest BCUT2D eigenvalue weighted by molar-refractivity contribution is 0.0917. The molecule has 0 saturated heterocycles. The second-order valence-electron chi connectivity index (χ2n) is 6.03. The summed E-state index contributed by atoms with van der Waals surface area (Å²) in [6.07, 6.45) is 6.89. The zero-order valence-electron chi connectivity index (χ0n) is 12.8. The highest BCUT2D eigenvalue weighted by Gasteiger charge is 2.26. The molecule has 1 aromatic carbocycles. The summed E-state index contributed by atoms with van der Waals surface area (Å²) in [5.74, 6) is -0.0365. The maximum Gasteiger partial charge on any atom is 0.270 e. The number of aromatic nitrogens is 1. The van der Waals surface area contributed by atoms with Gasteiger partial charge in [-0.3, -0.25) is 4.79 Å². The molecule has 1 heterocycles. The molecule has 1 aliphatic carbocycles. The van der Waals surface area contributed by atoms with Gasteiger partial charge in [0.05, 0.1) is 6.20 Å². The van der Waals surface area contributed by atoms with E-state index in [1.165, 1.54) is 25.7 Å². The largest absolute Gasteiger partial charge is 0.348 e. The molecule has 1 aliphatic rings. The molecule has 0 aliphatic heterocycles. The van der Waals surface area contributed by atoms with Gasteiger partial charge in [-0.2, -0.15) is 0 Å². The van der Waals surface area contributed by atoms with Crippen molar-refractivity contribution in [2.24, 2.45) is 5.92 Å². The number of halogens is 1. The summed E-state index contributed by atoms with van der Waals surface area (Å²) in [5.41, 5.74) is 0.313. The van der Waals surface area contributed by atoms with E-state index in [1.54, 1.807) is 24.3 Å². The molecule has 1 atom stereocenters. The Morgan fingerprint density at radius 1 is 1.32 bits per heavy atom. The zero-order chi connectivity index (χ0) is 15.5. The quantitative estimate of drug-likeness (QED) is 0.924. The minimum Gasteiger partial charge on any atom is -0.348 e. The molecule has 4 heteroatoms. The second kappa shape index (κ2) is 6.42. The molecular weight excluding hydrogens is 279 g/mol. The number of benzene rings is 1. The number of hydrogen-bond donors (Lipinski definition) is 1. The molecule has 0 spiro atoms. The Bertz CT molecular complexity index is 680. The summed E-state index contributed by atoms with van der Waals surface area (Å²) in [6, 6.07) is 7.17. The minimum atomic E-state index is -0.394. The minimum absolute atomic E-state index is 0.181. The fourth-order valence-corrected chi connectivity index (χ4v) is 3.49. The predicted molar refractivity (Wildman–Crippen MR) is 85.2 cm³/mol. The van der Waals surface area contributed by atoms with E-state index >= 15 is 0 Å². The molecule has 1 aromatic heterocycles. The van der Waals surface area contributed by atoms with Crippen LogP contribution in [0.4, 0.5) is 4.39 Å². The Balaban J connectivity index is 1.87. The van der Waals surface area contributed by atoms with Gasteiger partial charge in [0.1, 0.15) is 11.5 Å². The summed E-state index contributed by atoms with van der Waals surface area (Å²) >= 11 is 0. The van der Waals surface area contributed by atoms with Crippen molar-refractivity contribution in [3.8, 4) is 0 Å². The normalized spacial score (nSPS) is 16.8. The lowest BCUT2D eigenvalue weighted by atomic mass is 9.95. The van der Waals surface area contributed by atoms with Crippen LogP contribution < -0.4 is 5.32 Å². The van der Waals surface area contributed by atoms with Gasteiger partial charge in [-0.25, -0.2) is 9.37 Å². The number of carbonyl (C=O) groups is 1. The van der Waals surface area contributed by atoms with Gasteiger partial charge in [0.2, 0.25) is 0 Å². The molecule has 1 fully saturated rings. The van der Waals surface area contributed by atoms with Crippen LogP contribution in [0.5, 0.6) is 0 Å². The van der Waals surface area contributed by atoms with Crippen LogP contribution in [0.2, 0.25) is 0 Å². The van der Waals surface area contributed by atoms with E-state index in [0.717, 1.165) is 12.6 Å². The first kappa shape index (κ1) is 14.9. The van der Waals surface area contributed by atoms with E-state index in [9.17, 15) is 9.18 Å². The third-order valence-electron chi connectivity index (χ3n) is 4.69. The average Bonchev–Trinajstić information content (AvgIpc) is 3.07. The van der Waals surface area contributed by atoms with Crippen molar-refractivity contribution in [2.75, 3.05) is 0 Å². The lowest BCUT2D eigenvalue weighted by Crippen LogP contribution is -2.39. The topological polar surface area (TPSA) is 42.0 Å². The maximum absolute atomic E-state index is 13.8. The van der Waals surface area contributed by atoms with Crippen molar-refractivity contribution in [1.82, 2.24) is 10.3 Å². The number of nitrogens with one attached hydrogen (secondary N) is 1. The summed E-state index contributed by atoms with van der Waals surface area (Å²) in [5, 5.41) is 4.12. The highest BCUT2D eigenvalue weighted by atomic mass is 19.1. The van der Waals surface area contributed by atoms with Gasteiger partial charge in [0, 0.05) is 16.8 Å². The molecule has 22 heavy (non-hydrogen) atoms. The van der Waals surface area contributed by atoms with Gasteiger partial charge in [-0.1, -0.05) is 44.0 Å². The molecule has 1 amide bonds. The SMILES string of the molecule is CCC(NC(=O)c1ncc(F)c2ccccc12)C1CCCC1. The lowest BCUT2D eigenvalue weighted by Gasteiger charge is -2.23. The first-order valence-corrected chi connectivity index (χ1v) is 8.04. The number of pyridine rings is 1. The molecule has 2 aromatic rings. The Morgan fingerprint density at radius 2 is 2.00 bits per heavy atom. The van der Waals surface area contributed by atoms with E-state index in [4.69, 9.17) is 0 Å². The monoisotopic (exact) mass is 300 g/mol. The first-order valence-electron chi connectivity index (χ1n) is 8.04. The van der Waals surface area contributed by atoms with E-state index in [-0.39, 0.29) is 11.9 Å². The van der Waals surface area contributed by atoms with Gasteiger partial charge in [0.15, 0.2) is 0 Å². The standard InChI is InChI=1S/C18H21FN2O/c1-2-16(12-7-3-4-8-12)21-18(22)17-14-10-6-5-9-13(14)15(19)11-20-17/h5-6,9-12,16H,2-4,7-8H2,1H3,(H,21,22). The fraction of sp³-hybridized carbons (Fsp3) is 0.444. The predicted octanol–water partition coefficient (Wildman–Crippen LogP) is 4.07. The summed E-state index contributed by atoms with van der Waals surface area (Å²) in [6.45, 7) is 2.10. The van der Waals surface area contributed by atoms with Crippen LogP contribution in [0.15, 0.2) is 30.5 Å². The van der Waals surface area contributed by atoms with Crippen molar-refractivity contribution in [2.45, 2.75) is 45.1 Å². The van der Waals surface area contributed by atoms with E-state index in [1.807, 2.05) is 0 Å². The van der Waals surface area contributed by atoms with Crippen LogP contribution in [-0.4, -0.2) is 16.9 Å². The van der Waals surface area contributed by atoms with Crippen LogP contribution in [0.3, 0.4) is 0 Å². The Kier molecular flexibility index (Phi) is 4.36. The number of rotatable bonds is 4. The van der Waals surface area contributed by atoms with Gasteiger partial charge in [-0.15, -0.1) is 0 Å². The summed E-state index contributed by atoms with van der Waals surface area (Å²) < 4.78 is 13.8. The van der Waals surface area contributed by atoms with Gasteiger partial charge >= 0.3 is 0 Å². The Labute approximate surface area is 129 Å². The number of carbonyl (C=O) groups excluding carboxylic acids is 1. The van der Waals surface area contributed by atoms with Crippen LogP contribution in [0.1, 0.15) is 49.5 Å². The molecule has 116 valence electrons. The Morgan fingerprint density at radius 3 is 2.68 bits per heavy atom. The smallest absolute Gasteiger partial charge is 0.270 e.